The number of benzene rings is 3. The number of carbonyl (C=O) groups is 5. The third kappa shape index (κ3) is 9.36. The SMILES string of the molecule is CC(C)(C)OC(=O)COC(C(=O)N[C@@H]1C(=O)N2C(C(=O)OC(C)(C)C)=C([C@@H]3CCC(=O)O3)CS[C@H]12)C1=CS(=N)C(=NC(c2ccccc2)(c2ccccc2)c2ccccc2)N1. The smallest absolute Gasteiger partial charge is 0.355 e. The third-order valence-electron chi connectivity index (χ3n) is 10.0. The molecule has 3 aromatic rings. The van der Waals surface area contributed by atoms with E-state index in [0.29, 0.717) is 12.0 Å². The summed E-state index contributed by atoms with van der Waals surface area (Å²) >= 11 is 1.31. The first kappa shape index (κ1) is 43.5. The van der Waals surface area contributed by atoms with E-state index >= 15 is 0 Å². The van der Waals surface area contributed by atoms with E-state index in [9.17, 15) is 28.8 Å². The number of nitrogens with one attached hydrogen (secondary N) is 3. The van der Waals surface area contributed by atoms with Crippen molar-refractivity contribution < 1.29 is 42.9 Å². The lowest BCUT2D eigenvalue weighted by molar-refractivity contribution is -0.163. The molecule has 4 aliphatic rings. The molecule has 2 amide bonds. The van der Waals surface area contributed by atoms with Gasteiger partial charge >= 0.3 is 17.9 Å². The Hall–Kier alpha value is -5.58. The number of aliphatic imine (C=N–C) groups is 1. The van der Waals surface area contributed by atoms with E-state index in [-0.39, 0.29) is 28.7 Å². The molecule has 2 unspecified atom stereocenters. The first-order chi connectivity index (χ1) is 28.9. The molecule has 2 saturated heterocycles. The van der Waals surface area contributed by atoms with Crippen LogP contribution >= 0.6 is 11.8 Å². The van der Waals surface area contributed by atoms with Gasteiger partial charge in [-0.05, 0) is 75.3 Å². The number of ether oxygens (including phenoxy) is 4. The van der Waals surface area contributed by atoms with Gasteiger partial charge < -0.3 is 29.6 Å². The summed E-state index contributed by atoms with van der Waals surface area (Å²) in [5.41, 5.74) is 0.327. The Kier molecular flexibility index (Phi) is 12.4. The van der Waals surface area contributed by atoms with Crippen LogP contribution in [0.5, 0.6) is 0 Å². The van der Waals surface area contributed by atoms with Crippen molar-refractivity contribution >= 4 is 57.3 Å². The van der Waals surface area contributed by atoms with Gasteiger partial charge in [-0.2, -0.15) is 0 Å². The summed E-state index contributed by atoms with van der Waals surface area (Å²) in [6.45, 7) is 9.64. The molecule has 0 saturated carbocycles. The molecule has 3 aromatic carbocycles. The van der Waals surface area contributed by atoms with Crippen LogP contribution in [0.15, 0.2) is 118 Å². The Morgan fingerprint density at radius 1 is 0.902 bits per heavy atom. The monoisotopic (exact) mass is 867 g/mol. The van der Waals surface area contributed by atoms with Crippen molar-refractivity contribution in [1.29, 1.82) is 4.78 Å². The number of carbonyl (C=O) groups excluding carboxylic acids is 5. The van der Waals surface area contributed by atoms with E-state index < -0.39 is 87.4 Å². The van der Waals surface area contributed by atoms with Crippen LogP contribution in [0.1, 0.15) is 71.1 Å². The standard InChI is InChI=1S/C45H49N5O9S2/c1-43(2,3)58-34(52)24-56-37(38(53)48-35-39(54)50-36(41(55)59-44(4,5)6)30(25-60-40(35)50)32-22-23-33(51)57-32)31-26-61(46)42(47-31)49-45(27-16-10-7-11-17-27,28-18-12-8-13-19-28)29-20-14-9-15-21-29/h7-21,26,32,35,37,40,46H,22-25H2,1-6H3,(H,47,49)(H,48,53)/t32-,35+,37?,40+,61?/m0/s1. The highest BCUT2D eigenvalue weighted by Crippen LogP contribution is 2.44. The molecule has 4 aliphatic heterocycles. The largest absolute Gasteiger partial charge is 0.458 e. The molecule has 320 valence electrons. The Morgan fingerprint density at radius 3 is 1.97 bits per heavy atom. The lowest BCUT2D eigenvalue weighted by Crippen LogP contribution is -2.71. The highest BCUT2D eigenvalue weighted by Gasteiger charge is 2.56. The highest BCUT2D eigenvalue weighted by molar-refractivity contribution is 8.04. The minimum Gasteiger partial charge on any atom is -0.458 e. The fraction of sp³-hybridized carbons (Fsp3) is 0.378. The van der Waals surface area contributed by atoms with Gasteiger partial charge in [0.2, 0.25) is 0 Å². The van der Waals surface area contributed by atoms with Crippen LogP contribution < -0.4 is 10.6 Å². The van der Waals surface area contributed by atoms with Crippen LogP contribution in [-0.4, -0.2) is 87.0 Å². The highest BCUT2D eigenvalue weighted by atomic mass is 32.2. The van der Waals surface area contributed by atoms with Crippen LogP contribution in [0.2, 0.25) is 0 Å². The normalized spacial score (nSPS) is 22.7. The van der Waals surface area contributed by atoms with Gasteiger partial charge in [-0.3, -0.25) is 24.1 Å². The molecule has 0 aliphatic carbocycles. The van der Waals surface area contributed by atoms with Crippen LogP contribution in [0.4, 0.5) is 0 Å². The number of esters is 3. The van der Waals surface area contributed by atoms with E-state index in [1.165, 1.54) is 22.1 Å². The summed E-state index contributed by atoms with van der Waals surface area (Å²) in [7, 11) is -1.44. The molecule has 0 spiro atoms. The van der Waals surface area contributed by atoms with Gasteiger partial charge in [0.05, 0.1) is 5.70 Å². The van der Waals surface area contributed by atoms with Crippen molar-refractivity contribution in [1.82, 2.24) is 15.5 Å². The molecule has 61 heavy (non-hydrogen) atoms. The van der Waals surface area contributed by atoms with Gasteiger partial charge in [-0.25, -0.2) is 14.6 Å². The first-order valence-electron chi connectivity index (χ1n) is 19.9. The van der Waals surface area contributed by atoms with Gasteiger partial charge in [0.1, 0.15) is 46.6 Å². The maximum absolute atomic E-state index is 14.4. The maximum Gasteiger partial charge on any atom is 0.355 e. The molecular formula is C45H49N5O9S2. The summed E-state index contributed by atoms with van der Waals surface area (Å²) in [5, 5.41) is 7.07. The number of amidine groups is 1. The van der Waals surface area contributed by atoms with Gasteiger partial charge in [0.25, 0.3) is 11.8 Å². The minimum atomic E-state index is -1.51. The molecule has 5 atom stereocenters. The summed E-state index contributed by atoms with van der Waals surface area (Å²) in [5.74, 6) is -2.95. The number of hydrogen-bond donors (Lipinski definition) is 3. The van der Waals surface area contributed by atoms with Crippen molar-refractivity contribution in [2.75, 3.05) is 12.4 Å². The second kappa shape index (κ2) is 17.4. The average Bonchev–Trinajstić information content (AvgIpc) is 3.82. The molecule has 16 heteroatoms. The zero-order chi connectivity index (χ0) is 43.7. The lowest BCUT2D eigenvalue weighted by atomic mass is 9.77. The summed E-state index contributed by atoms with van der Waals surface area (Å²) in [6.07, 6.45) is -1.65. The molecule has 0 bridgehead atoms. The van der Waals surface area contributed by atoms with Crippen LogP contribution in [0.25, 0.3) is 0 Å². The number of hydrogen-bond acceptors (Lipinski definition) is 12. The fourth-order valence-electron chi connectivity index (χ4n) is 7.51. The number of thioether (sulfide) groups is 1. The Labute approximate surface area is 361 Å². The van der Waals surface area contributed by atoms with Crippen LogP contribution in [0.3, 0.4) is 0 Å². The van der Waals surface area contributed by atoms with Crippen molar-refractivity contribution in [3.8, 4) is 0 Å². The van der Waals surface area contributed by atoms with Crippen LogP contribution in [-0.2, 0) is 59.2 Å². The topological polar surface area (TPSA) is 186 Å². The Bertz CT molecular complexity index is 2230. The van der Waals surface area contributed by atoms with Crippen molar-refractivity contribution in [2.24, 2.45) is 4.99 Å². The second-order valence-electron chi connectivity index (χ2n) is 16.8. The molecule has 7 rings (SSSR count). The number of cyclic esters (lactones) is 1. The molecular weight excluding hydrogens is 819 g/mol. The molecule has 0 radical (unpaired) electrons. The molecule has 2 fully saturated rings. The van der Waals surface area contributed by atoms with Gasteiger partial charge in [0.15, 0.2) is 11.3 Å². The van der Waals surface area contributed by atoms with E-state index in [1.54, 1.807) is 41.5 Å². The van der Waals surface area contributed by atoms with Gasteiger partial charge in [-0.15, -0.1) is 11.8 Å². The summed E-state index contributed by atoms with van der Waals surface area (Å²) in [6, 6.07) is 28.1. The van der Waals surface area contributed by atoms with E-state index in [0.717, 1.165) is 16.7 Å². The maximum atomic E-state index is 14.4. The number of nitrogens with zero attached hydrogens (tertiary/aromatic N) is 2. The predicted molar refractivity (Wildman–Crippen MR) is 231 cm³/mol. The average molecular weight is 868 g/mol. The van der Waals surface area contributed by atoms with E-state index in [2.05, 4.69) is 10.6 Å². The Morgan fingerprint density at radius 2 is 1.46 bits per heavy atom. The lowest BCUT2D eigenvalue weighted by Gasteiger charge is -2.50. The second-order valence-corrected chi connectivity index (χ2v) is 19.2. The van der Waals surface area contributed by atoms with Crippen molar-refractivity contribution in [3.05, 3.63) is 130 Å². The summed E-state index contributed by atoms with van der Waals surface area (Å²) in [4.78, 5) is 73.8. The fourth-order valence-corrected chi connectivity index (χ4v) is 9.93. The van der Waals surface area contributed by atoms with E-state index in [4.69, 9.17) is 23.9 Å². The summed E-state index contributed by atoms with van der Waals surface area (Å²) < 4.78 is 32.0. The number of rotatable bonds is 12. The van der Waals surface area contributed by atoms with Crippen molar-refractivity contribution in [3.63, 3.8) is 0 Å². The minimum absolute atomic E-state index is 0.00426. The number of fused-ring (bicyclic) bond motifs is 1. The number of amides is 2. The first-order valence-corrected chi connectivity index (χ1v) is 22.2. The zero-order valence-electron chi connectivity index (χ0n) is 34.8. The van der Waals surface area contributed by atoms with Gasteiger partial charge in [-0.1, -0.05) is 91.0 Å². The van der Waals surface area contributed by atoms with E-state index in [1.807, 2.05) is 91.0 Å². The zero-order valence-corrected chi connectivity index (χ0v) is 36.4. The molecule has 4 heterocycles. The third-order valence-corrected chi connectivity index (χ3v) is 12.4. The quantitative estimate of drug-likeness (QED) is 0.0893. The van der Waals surface area contributed by atoms with Gasteiger partial charge in [0, 0.05) is 23.2 Å². The molecule has 3 N–H and O–H groups in total. The Balaban J connectivity index is 1.20. The molecule has 14 nitrogen and oxygen atoms in total. The van der Waals surface area contributed by atoms with Crippen LogP contribution in [0, 0.1) is 4.78 Å². The molecule has 0 aromatic heterocycles. The predicted octanol–water partition coefficient (Wildman–Crippen LogP) is 5.59. The number of β-lactam (4-membered cyclic amide) rings is 1. The van der Waals surface area contributed by atoms with Crippen molar-refractivity contribution in [2.45, 2.75) is 94.7 Å².